The topological polar surface area (TPSA) is 91.4 Å². The van der Waals surface area contributed by atoms with Crippen LogP contribution in [0, 0.1) is 0 Å². The third-order valence-corrected chi connectivity index (χ3v) is 5.77. The van der Waals surface area contributed by atoms with Gasteiger partial charge in [-0.05, 0) is 19.3 Å². The highest BCUT2D eigenvalue weighted by Crippen LogP contribution is 2.35. The van der Waals surface area contributed by atoms with Gasteiger partial charge in [-0.25, -0.2) is 9.78 Å². The highest BCUT2D eigenvalue weighted by atomic mass is 32.1. The average molecular weight is 378 g/mol. The molecule has 0 radical (unpaired) electrons. The van der Waals surface area contributed by atoms with Crippen molar-refractivity contribution in [1.29, 1.82) is 0 Å². The second-order valence-corrected chi connectivity index (χ2v) is 8.97. The quantitative estimate of drug-likeness (QED) is 0.771. The van der Waals surface area contributed by atoms with Gasteiger partial charge in [0.25, 0.3) is 5.91 Å². The summed E-state index contributed by atoms with van der Waals surface area (Å²) in [5.74, 6) is -0.280. The van der Waals surface area contributed by atoms with Gasteiger partial charge in [-0.1, -0.05) is 33.6 Å². The summed E-state index contributed by atoms with van der Waals surface area (Å²) in [6.07, 6.45) is 4.05. The molecule has 7 nitrogen and oxygen atoms in total. The summed E-state index contributed by atoms with van der Waals surface area (Å²) in [6, 6.07) is -0.327. The van der Waals surface area contributed by atoms with Crippen LogP contribution in [0.2, 0.25) is 0 Å². The van der Waals surface area contributed by atoms with Crippen LogP contribution in [0.5, 0.6) is 0 Å². The lowest BCUT2D eigenvalue weighted by atomic mass is 9.93. The summed E-state index contributed by atoms with van der Waals surface area (Å²) in [5, 5.41) is 8.18. The molecule has 1 spiro atoms. The Labute approximate surface area is 157 Å². The van der Waals surface area contributed by atoms with Crippen molar-refractivity contribution in [2.45, 2.75) is 70.3 Å². The number of hydrogen-bond acceptors (Lipinski definition) is 5. The molecule has 2 heterocycles. The Morgan fingerprint density at radius 1 is 1.35 bits per heavy atom. The Balaban J connectivity index is 1.47. The van der Waals surface area contributed by atoms with E-state index < -0.39 is 5.54 Å². The number of carbonyl (C=O) groups excluding carboxylic acids is 3. The predicted octanol–water partition coefficient (Wildman–Crippen LogP) is 3.02. The van der Waals surface area contributed by atoms with E-state index in [9.17, 15) is 14.4 Å². The summed E-state index contributed by atoms with van der Waals surface area (Å²) >= 11 is 1.41. The summed E-state index contributed by atoms with van der Waals surface area (Å²) in [5.41, 5.74) is 0.210. The number of hydrogen-bond donors (Lipinski definition) is 2. The monoisotopic (exact) mass is 378 g/mol. The van der Waals surface area contributed by atoms with Gasteiger partial charge in [-0.15, -0.1) is 11.3 Å². The minimum absolute atomic E-state index is 0.0564. The van der Waals surface area contributed by atoms with E-state index in [4.69, 9.17) is 0 Å². The molecule has 1 aliphatic heterocycles. The van der Waals surface area contributed by atoms with Crippen LogP contribution in [0.1, 0.15) is 65.0 Å². The van der Waals surface area contributed by atoms with Gasteiger partial charge in [0, 0.05) is 23.8 Å². The first-order chi connectivity index (χ1) is 12.2. The molecule has 1 saturated heterocycles. The Morgan fingerprint density at radius 2 is 2.04 bits per heavy atom. The van der Waals surface area contributed by atoms with E-state index in [2.05, 4.69) is 36.4 Å². The fourth-order valence-corrected chi connectivity index (χ4v) is 4.41. The predicted molar refractivity (Wildman–Crippen MR) is 100 cm³/mol. The molecule has 1 aromatic rings. The molecule has 4 amide bonds. The molecule has 2 fully saturated rings. The largest absolute Gasteiger partial charge is 0.325 e. The van der Waals surface area contributed by atoms with Crippen molar-refractivity contribution < 1.29 is 14.4 Å². The molecule has 2 N–H and O–H groups in total. The maximum absolute atomic E-state index is 12.5. The maximum Gasteiger partial charge on any atom is 0.325 e. The van der Waals surface area contributed by atoms with Crippen molar-refractivity contribution in [3.8, 4) is 0 Å². The highest BCUT2D eigenvalue weighted by molar-refractivity contribution is 7.13. The second-order valence-electron chi connectivity index (χ2n) is 8.12. The van der Waals surface area contributed by atoms with Crippen molar-refractivity contribution in [3.05, 3.63) is 11.1 Å². The summed E-state index contributed by atoms with van der Waals surface area (Å²) < 4.78 is 0. The smallest absolute Gasteiger partial charge is 0.323 e. The number of imide groups is 1. The zero-order chi connectivity index (χ0) is 18.9. The summed E-state index contributed by atoms with van der Waals surface area (Å²) in [4.78, 5) is 42.4. The Bertz CT molecular complexity index is 716. The minimum Gasteiger partial charge on any atom is -0.323 e. The van der Waals surface area contributed by atoms with Gasteiger partial charge in [0.2, 0.25) is 5.91 Å². The number of anilines is 1. The van der Waals surface area contributed by atoms with E-state index in [1.165, 1.54) is 16.2 Å². The van der Waals surface area contributed by atoms with Crippen LogP contribution < -0.4 is 10.6 Å². The molecule has 1 aromatic heterocycles. The van der Waals surface area contributed by atoms with Gasteiger partial charge in [0.15, 0.2) is 5.13 Å². The molecule has 0 unspecified atom stereocenters. The van der Waals surface area contributed by atoms with E-state index in [-0.39, 0.29) is 36.2 Å². The first kappa shape index (κ1) is 18.8. The first-order valence-electron chi connectivity index (χ1n) is 9.11. The number of nitrogens with one attached hydrogen (secondary N) is 2. The lowest BCUT2D eigenvalue weighted by molar-refractivity contribution is -0.131. The standard InChI is InChI=1S/C18H26N4O3S/c1-17(2,3)12-11-26-15(19-12)20-13(23)7-6-10-22-14(24)18(21-16(22)25)8-4-5-9-18/h11H,4-10H2,1-3H3,(H,21,25)(H,19,20,23). The molecule has 142 valence electrons. The Kier molecular flexibility index (Phi) is 5.05. The molecule has 1 saturated carbocycles. The van der Waals surface area contributed by atoms with E-state index in [1.54, 1.807) is 0 Å². The first-order valence-corrected chi connectivity index (χ1v) is 9.99. The van der Waals surface area contributed by atoms with E-state index >= 15 is 0 Å². The lowest BCUT2D eigenvalue weighted by Crippen LogP contribution is -2.44. The van der Waals surface area contributed by atoms with E-state index in [0.717, 1.165) is 18.5 Å². The molecular weight excluding hydrogens is 352 g/mol. The van der Waals surface area contributed by atoms with Crippen molar-refractivity contribution in [1.82, 2.24) is 15.2 Å². The van der Waals surface area contributed by atoms with Crippen LogP contribution >= 0.6 is 11.3 Å². The van der Waals surface area contributed by atoms with Crippen LogP contribution in [0.25, 0.3) is 0 Å². The van der Waals surface area contributed by atoms with Crippen molar-refractivity contribution in [2.24, 2.45) is 0 Å². The molecule has 0 bridgehead atoms. The number of rotatable bonds is 5. The number of nitrogens with zero attached hydrogens (tertiary/aromatic N) is 2. The SMILES string of the molecule is CC(C)(C)c1csc(NC(=O)CCCN2C(=O)NC3(CCCC3)C2=O)n1. The number of aromatic nitrogens is 1. The van der Waals surface area contributed by atoms with Crippen LogP contribution in [0.3, 0.4) is 0 Å². The number of urea groups is 1. The van der Waals surface area contributed by atoms with Gasteiger partial charge in [-0.3, -0.25) is 14.5 Å². The lowest BCUT2D eigenvalue weighted by Gasteiger charge is -2.19. The normalized spacial score (nSPS) is 19.3. The van der Waals surface area contributed by atoms with Crippen molar-refractivity contribution in [2.75, 3.05) is 11.9 Å². The Hall–Kier alpha value is -1.96. The van der Waals surface area contributed by atoms with E-state index in [1.807, 2.05) is 5.38 Å². The van der Waals surface area contributed by atoms with Crippen molar-refractivity contribution in [3.63, 3.8) is 0 Å². The van der Waals surface area contributed by atoms with Crippen LogP contribution in [-0.4, -0.2) is 39.8 Å². The maximum atomic E-state index is 12.5. The zero-order valence-corrected chi connectivity index (χ0v) is 16.4. The van der Waals surface area contributed by atoms with Gasteiger partial charge < -0.3 is 10.6 Å². The minimum atomic E-state index is -0.677. The van der Waals surface area contributed by atoms with E-state index in [0.29, 0.717) is 24.4 Å². The molecule has 3 rings (SSSR count). The van der Waals surface area contributed by atoms with Gasteiger partial charge in [-0.2, -0.15) is 0 Å². The molecule has 0 atom stereocenters. The van der Waals surface area contributed by atoms with Gasteiger partial charge in [0.05, 0.1) is 5.69 Å². The molecule has 8 heteroatoms. The molecular formula is C18H26N4O3S. The number of carbonyl (C=O) groups is 3. The highest BCUT2D eigenvalue weighted by Gasteiger charge is 2.52. The van der Waals surface area contributed by atoms with Gasteiger partial charge >= 0.3 is 6.03 Å². The fourth-order valence-electron chi connectivity index (χ4n) is 3.45. The second kappa shape index (κ2) is 6.98. The Morgan fingerprint density at radius 3 is 2.65 bits per heavy atom. The molecule has 1 aliphatic carbocycles. The number of amides is 4. The summed E-state index contributed by atoms with van der Waals surface area (Å²) in [7, 11) is 0. The zero-order valence-electron chi connectivity index (χ0n) is 15.6. The van der Waals surface area contributed by atoms with Gasteiger partial charge in [0.1, 0.15) is 5.54 Å². The average Bonchev–Trinajstić information content (AvgIpc) is 3.24. The molecule has 2 aliphatic rings. The van der Waals surface area contributed by atoms with Crippen LogP contribution in [0.4, 0.5) is 9.93 Å². The third-order valence-electron chi connectivity index (χ3n) is 5.01. The molecule has 26 heavy (non-hydrogen) atoms. The fraction of sp³-hybridized carbons (Fsp3) is 0.667. The van der Waals surface area contributed by atoms with Crippen molar-refractivity contribution >= 4 is 34.3 Å². The number of thiazole rings is 1. The molecule has 0 aromatic carbocycles. The third kappa shape index (κ3) is 3.75. The van der Waals surface area contributed by atoms with Crippen LogP contribution in [-0.2, 0) is 15.0 Å². The van der Waals surface area contributed by atoms with Crippen LogP contribution in [0.15, 0.2) is 5.38 Å². The summed E-state index contributed by atoms with van der Waals surface area (Å²) in [6.45, 7) is 6.49.